The maximum Gasteiger partial charge on any atom is 0.141 e. The van der Waals surface area contributed by atoms with E-state index in [0.29, 0.717) is 24.8 Å². The molecule has 1 aromatic carbocycles. The molecule has 0 saturated carbocycles. The number of rotatable bonds is 5. The second-order valence-corrected chi connectivity index (χ2v) is 6.68. The van der Waals surface area contributed by atoms with E-state index < -0.39 is 0 Å². The van der Waals surface area contributed by atoms with E-state index >= 15 is 0 Å². The topological polar surface area (TPSA) is 56.7 Å². The van der Waals surface area contributed by atoms with Crippen molar-refractivity contribution in [3.05, 3.63) is 52.6 Å². The highest BCUT2D eigenvalue weighted by Crippen LogP contribution is 2.33. The Bertz CT molecular complexity index is 804. The molecule has 0 unspecified atom stereocenters. The van der Waals surface area contributed by atoms with Crippen molar-refractivity contribution in [3.63, 3.8) is 0 Å². The molecule has 0 bridgehead atoms. The molecule has 4 rings (SSSR count). The highest BCUT2D eigenvalue weighted by atomic mass is 35.5. The summed E-state index contributed by atoms with van der Waals surface area (Å²) in [6.45, 7) is 2.69. The first-order valence-corrected chi connectivity index (χ1v) is 8.94. The van der Waals surface area contributed by atoms with Crippen molar-refractivity contribution in [1.82, 2.24) is 9.97 Å². The van der Waals surface area contributed by atoms with Gasteiger partial charge in [-0.3, -0.25) is 0 Å². The summed E-state index contributed by atoms with van der Waals surface area (Å²) in [5, 5.41) is 0.429. The van der Waals surface area contributed by atoms with Gasteiger partial charge in [-0.25, -0.2) is 9.97 Å². The van der Waals surface area contributed by atoms with Gasteiger partial charge in [-0.05, 0) is 23.8 Å². The molecule has 6 nitrogen and oxygen atoms in total. The number of hydrogen-bond donors (Lipinski definition) is 0. The molecule has 2 aromatic rings. The van der Waals surface area contributed by atoms with E-state index in [0.717, 1.165) is 41.5 Å². The average Bonchev–Trinajstić information content (AvgIpc) is 3.16. The van der Waals surface area contributed by atoms with Crippen molar-refractivity contribution in [2.45, 2.75) is 19.1 Å². The molecule has 2 aliphatic heterocycles. The van der Waals surface area contributed by atoms with Crippen LogP contribution in [0.25, 0.3) is 6.08 Å². The summed E-state index contributed by atoms with van der Waals surface area (Å²) in [7, 11) is 1.66. The van der Waals surface area contributed by atoms with Gasteiger partial charge in [-0.2, -0.15) is 0 Å². The van der Waals surface area contributed by atoms with E-state index in [1.54, 1.807) is 7.11 Å². The molecule has 1 atom stereocenters. The molecule has 0 aliphatic carbocycles. The molecule has 3 heterocycles. The van der Waals surface area contributed by atoms with Gasteiger partial charge >= 0.3 is 0 Å². The van der Waals surface area contributed by atoms with Crippen molar-refractivity contribution in [3.8, 4) is 5.75 Å². The van der Waals surface area contributed by atoms with Crippen molar-refractivity contribution >= 4 is 23.5 Å². The van der Waals surface area contributed by atoms with Gasteiger partial charge < -0.3 is 19.1 Å². The average molecular weight is 374 g/mol. The van der Waals surface area contributed by atoms with Crippen LogP contribution >= 0.6 is 11.6 Å². The smallest absolute Gasteiger partial charge is 0.141 e. The molecule has 1 fully saturated rings. The molecule has 0 radical (unpaired) electrons. The Kier molecular flexibility index (Phi) is 4.95. The first-order chi connectivity index (χ1) is 12.7. The zero-order chi connectivity index (χ0) is 17.9. The Morgan fingerprint density at radius 3 is 2.85 bits per heavy atom. The predicted molar refractivity (Wildman–Crippen MR) is 99.4 cm³/mol. The summed E-state index contributed by atoms with van der Waals surface area (Å²) in [6, 6.07) is 8.00. The third-order valence-corrected chi connectivity index (χ3v) is 4.81. The van der Waals surface area contributed by atoms with E-state index in [1.807, 2.05) is 30.3 Å². The monoisotopic (exact) mass is 373 g/mol. The highest BCUT2D eigenvalue weighted by Gasteiger charge is 2.26. The van der Waals surface area contributed by atoms with Crippen molar-refractivity contribution in [2.24, 2.45) is 0 Å². The van der Waals surface area contributed by atoms with Gasteiger partial charge in [-0.15, -0.1) is 0 Å². The molecule has 0 N–H and O–H groups in total. The molecule has 1 aromatic heterocycles. The molecule has 136 valence electrons. The number of anilines is 1. The number of nitrogens with zero attached hydrogens (tertiary/aromatic N) is 3. The highest BCUT2D eigenvalue weighted by molar-refractivity contribution is 6.31. The predicted octanol–water partition coefficient (Wildman–Crippen LogP) is 3.31. The van der Waals surface area contributed by atoms with E-state index in [4.69, 9.17) is 25.8 Å². The van der Waals surface area contributed by atoms with Crippen LogP contribution in [0.4, 0.5) is 5.82 Å². The summed E-state index contributed by atoms with van der Waals surface area (Å²) in [5.41, 5.74) is 1.94. The zero-order valence-corrected chi connectivity index (χ0v) is 15.3. The third-order valence-electron chi connectivity index (χ3n) is 4.50. The van der Waals surface area contributed by atoms with E-state index in [2.05, 4.69) is 14.9 Å². The Balaban J connectivity index is 1.59. The third kappa shape index (κ3) is 3.61. The van der Waals surface area contributed by atoms with Crippen molar-refractivity contribution in [1.29, 1.82) is 0 Å². The second kappa shape index (κ2) is 7.51. The molecule has 0 spiro atoms. The van der Waals surface area contributed by atoms with Gasteiger partial charge in [-0.1, -0.05) is 23.7 Å². The van der Waals surface area contributed by atoms with E-state index in [1.165, 1.54) is 6.33 Å². The van der Waals surface area contributed by atoms with Crippen molar-refractivity contribution < 1.29 is 14.2 Å². The Morgan fingerprint density at radius 1 is 1.27 bits per heavy atom. The Labute approximate surface area is 157 Å². The second-order valence-electron chi connectivity index (χ2n) is 6.32. The quantitative estimate of drug-likeness (QED) is 0.749. The van der Waals surface area contributed by atoms with Crippen LogP contribution in [0, 0.1) is 0 Å². The SMILES string of the molecule is COc1ccc(CN2CC(O[C@H]3CCOC3)=Cc3c(Cl)ncnc32)cc1. The van der Waals surface area contributed by atoms with Crippen LogP contribution in [0.1, 0.15) is 17.5 Å². The minimum absolute atomic E-state index is 0.0917. The minimum Gasteiger partial charge on any atom is -0.497 e. The van der Waals surface area contributed by atoms with Crippen molar-refractivity contribution in [2.75, 3.05) is 31.8 Å². The fraction of sp³-hybridized carbons (Fsp3) is 0.368. The lowest BCUT2D eigenvalue weighted by molar-refractivity contribution is 0.0915. The van der Waals surface area contributed by atoms with Crippen LogP contribution in [0.3, 0.4) is 0 Å². The molecule has 1 saturated heterocycles. The number of benzene rings is 1. The lowest BCUT2D eigenvalue weighted by atomic mass is 10.1. The lowest BCUT2D eigenvalue weighted by Gasteiger charge is -2.31. The van der Waals surface area contributed by atoms with Crippen LogP contribution in [-0.2, 0) is 16.0 Å². The van der Waals surface area contributed by atoms with E-state index in [-0.39, 0.29) is 6.10 Å². The summed E-state index contributed by atoms with van der Waals surface area (Å²) >= 11 is 6.31. The van der Waals surface area contributed by atoms with Crippen LogP contribution in [0.5, 0.6) is 5.75 Å². The van der Waals surface area contributed by atoms with Gasteiger partial charge in [0.1, 0.15) is 34.9 Å². The minimum atomic E-state index is 0.0917. The lowest BCUT2D eigenvalue weighted by Crippen LogP contribution is -2.31. The number of ether oxygens (including phenoxy) is 3. The molecular weight excluding hydrogens is 354 g/mol. The largest absolute Gasteiger partial charge is 0.497 e. The standard InChI is InChI=1S/C19H20ClN3O3/c1-24-14-4-2-13(3-5-14)9-23-10-16(26-15-6-7-25-11-15)8-17-18(20)21-12-22-19(17)23/h2-5,8,12,15H,6-7,9-11H2,1H3/t15-/m0/s1. The first-order valence-electron chi connectivity index (χ1n) is 8.56. The van der Waals surface area contributed by atoms with Gasteiger partial charge in [0, 0.05) is 13.0 Å². The maximum absolute atomic E-state index is 6.31. The number of hydrogen-bond acceptors (Lipinski definition) is 6. The molecule has 26 heavy (non-hydrogen) atoms. The van der Waals surface area contributed by atoms with Crippen LogP contribution in [0.15, 0.2) is 36.4 Å². The fourth-order valence-corrected chi connectivity index (χ4v) is 3.37. The summed E-state index contributed by atoms with van der Waals surface area (Å²) < 4.78 is 16.8. The van der Waals surface area contributed by atoms with Gasteiger partial charge in [0.2, 0.25) is 0 Å². The normalized spacial score (nSPS) is 19.1. The summed E-state index contributed by atoms with van der Waals surface area (Å²) in [4.78, 5) is 10.7. The Morgan fingerprint density at radius 2 is 2.12 bits per heavy atom. The fourth-order valence-electron chi connectivity index (χ4n) is 3.18. The summed E-state index contributed by atoms with van der Waals surface area (Å²) in [5.74, 6) is 2.51. The number of methoxy groups -OCH3 is 1. The first kappa shape index (κ1) is 17.1. The van der Waals surface area contributed by atoms with Gasteiger partial charge in [0.15, 0.2) is 0 Å². The number of fused-ring (bicyclic) bond motifs is 1. The maximum atomic E-state index is 6.31. The number of halogens is 1. The van der Waals surface area contributed by atoms with Crippen LogP contribution < -0.4 is 9.64 Å². The summed E-state index contributed by atoms with van der Waals surface area (Å²) in [6.07, 6.45) is 4.43. The van der Waals surface area contributed by atoms with Gasteiger partial charge in [0.25, 0.3) is 0 Å². The molecular formula is C19H20ClN3O3. The number of aromatic nitrogens is 2. The van der Waals surface area contributed by atoms with E-state index in [9.17, 15) is 0 Å². The molecule has 0 amide bonds. The van der Waals surface area contributed by atoms with Gasteiger partial charge in [0.05, 0.1) is 32.4 Å². The molecule has 7 heteroatoms. The van der Waals surface area contributed by atoms with Crippen LogP contribution in [-0.4, -0.2) is 42.9 Å². The Hall–Kier alpha value is -2.31. The zero-order valence-electron chi connectivity index (χ0n) is 14.5. The van der Waals surface area contributed by atoms with Crippen LogP contribution in [0.2, 0.25) is 5.15 Å². The molecule has 2 aliphatic rings.